The molecule has 1 unspecified atom stereocenters. The van der Waals surface area contributed by atoms with E-state index in [0.29, 0.717) is 6.42 Å². The number of carbonyl (C=O) groups is 1. The zero-order valence-corrected chi connectivity index (χ0v) is 11.6. The van der Waals surface area contributed by atoms with E-state index in [1.54, 1.807) is 6.92 Å². The molecular weight excluding hydrogens is 241 g/mol. The predicted octanol–water partition coefficient (Wildman–Crippen LogP) is 3.72. The van der Waals surface area contributed by atoms with Crippen LogP contribution in [0, 0.1) is 5.82 Å². The largest absolute Gasteiger partial charge is 0.300 e. The summed E-state index contributed by atoms with van der Waals surface area (Å²) in [5, 5.41) is 0. The molecule has 1 atom stereocenters. The molecule has 0 spiro atoms. The van der Waals surface area contributed by atoms with Crippen molar-refractivity contribution in [1.29, 1.82) is 0 Å². The molecule has 1 aromatic carbocycles. The molecule has 3 heteroatoms. The van der Waals surface area contributed by atoms with Crippen LogP contribution in [0.15, 0.2) is 24.3 Å². The average Bonchev–Trinajstić information content (AvgIpc) is 2.65. The Kier molecular flexibility index (Phi) is 5.08. The standard InChI is InChI=1S/C16H22FNO/c1-13(19)12-16(14-6-8-15(17)9-7-14)18-10-4-2-3-5-11-18/h6-9,16H,2-5,10-12H2,1H3. The van der Waals surface area contributed by atoms with Crippen LogP contribution in [-0.4, -0.2) is 23.8 Å². The van der Waals surface area contributed by atoms with Crippen molar-refractivity contribution >= 4 is 5.78 Å². The van der Waals surface area contributed by atoms with Gasteiger partial charge in [0.25, 0.3) is 0 Å². The van der Waals surface area contributed by atoms with Crippen molar-refractivity contribution in [3.8, 4) is 0 Å². The quantitative estimate of drug-likeness (QED) is 0.825. The Balaban J connectivity index is 2.18. The van der Waals surface area contributed by atoms with E-state index in [0.717, 1.165) is 18.7 Å². The second kappa shape index (κ2) is 6.80. The molecular formula is C16H22FNO. The lowest BCUT2D eigenvalue weighted by atomic mass is 9.99. The van der Waals surface area contributed by atoms with Gasteiger partial charge in [0.05, 0.1) is 0 Å². The molecule has 19 heavy (non-hydrogen) atoms. The Morgan fingerprint density at radius 1 is 1.16 bits per heavy atom. The smallest absolute Gasteiger partial charge is 0.131 e. The minimum atomic E-state index is -0.221. The second-order valence-corrected chi connectivity index (χ2v) is 5.42. The van der Waals surface area contributed by atoms with Crippen molar-refractivity contribution in [3.05, 3.63) is 35.6 Å². The van der Waals surface area contributed by atoms with Gasteiger partial charge in [-0.3, -0.25) is 9.69 Å². The molecule has 1 aromatic rings. The monoisotopic (exact) mass is 263 g/mol. The molecule has 0 bridgehead atoms. The third kappa shape index (κ3) is 4.13. The molecule has 0 aromatic heterocycles. The molecule has 1 saturated heterocycles. The predicted molar refractivity (Wildman–Crippen MR) is 74.5 cm³/mol. The Morgan fingerprint density at radius 3 is 2.26 bits per heavy atom. The SMILES string of the molecule is CC(=O)CC(c1ccc(F)cc1)N1CCCCCC1. The van der Waals surface area contributed by atoms with Crippen molar-refractivity contribution < 1.29 is 9.18 Å². The summed E-state index contributed by atoms with van der Waals surface area (Å²) in [5.41, 5.74) is 1.05. The Morgan fingerprint density at radius 2 is 1.74 bits per heavy atom. The van der Waals surface area contributed by atoms with E-state index in [4.69, 9.17) is 0 Å². The van der Waals surface area contributed by atoms with Crippen LogP contribution >= 0.6 is 0 Å². The highest BCUT2D eigenvalue weighted by atomic mass is 19.1. The van der Waals surface area contributed by atoms with Crippen molar-refractivity contribution in [2.24, 2.45) is 0 Å². The minimum absolute atomic E-state index is 0.108. The van der Waals surface area contributed by atoms with E-state index in [1.807, 2.05) is 12.1 Å². The van der Waals surface area contributed by atoms with E-state index in [9.17, 15) is 9.18 Å². The van der Waals surface area contributed by atoms with Crippen molar-refractivity contribution in [1.82, 2.24) is 4.90 Å². The molecule has 104 valence electrons. The topological polar surface area (TPSA) is 20.3 Å². The minimum Gasteiger partial charge on any atom is -0.300 e. The van der Waals surface area contributed by atoms with Gasteiger partial charge in [0.2, 0.25) is 0 Å². The van der Waals surface area contributed by atoms with Gasteiger partial charge in [0.1, 0.15) is 11.6 Å². The summed E-state index contributed by atoms with van der Waals surface area (Å²) < 4.78 is 13.0. The van der Waals surface area contributed by atoms with Gasteiger partial charge in [-0.2, -0.15) is 0 Å². The first-order valence-electron chi connectivity index (χ1n) is 7.16. The Labute approximate surface area is 114 Å². The van der Waals surface area contributed by atoms with E-state index in [-0.39, 0.29) is 17.6 Å². The van der Waals surface area contributed by atoms with Gasteiger partial charge >= 0.3 is 0 Å². The van der Waals surface area contributed by atoms with Crippen LogP contribution in [0.25, 0.3) is 0 Å². The first kappa shape index (κ1) is 14.2. The van der Waals surface area contributed by atoms with Crippen molar-refractivity contribution in [2.45, 2.75) is 45.1 Å². The van der Waals surface area contributed by atoms with Crippen LogP contribution in [-0.2, 0) is 4.79 Å². The van der Waals surface area contributed by atoms with Crippen LogP contribution in [0.1, 0.15) is 50.6 Å². The number of carbonyl (C=O) groups excluding carboxylic acids is 1. The highest BCUT2D eigenvalue weighted by Crippen LogP contribution is 2.27. The number of Topliss-reactive ketones (excluding diaryl/α,β-unsaturated/α-hetero) is 1. The molecule has 0 amide bonds. The fraction of sp³-hybridized carbons (Fsp3) is 0.562. The molecule has 0 saturated carbocycles. The van der Waals surface area contributed by atoms with Crippen LogP contribution in [0.4, 0.5) is 4.39 Å². The zero-order chi connectivity index (χ0) is 13.7. The molecule has 1 heterocycles. The summed E-state index contributed by atoms with van der Waals surface area (Å²) in [5.74, 6) is -0.0280. The van der Waals surface area contributed by atoms with E-state index in [2.05, 4.69) is 4.90 Å². The number of hydrogen-bond acceptors (Lipinski definition) is 2. The number of hydrogen-bond donors (Lipinski definition) is 0. The van der Waals surface area contributed by atoms with Gasteiger partial charge in [0.15, 0.2) is 0 Å². The first-order valence-corrected chi connectivity index (χ1v) is 7.16. The molecule has 1 aliphatic rings. The lowest BCUT2D eigenvalue weighted by molar-refractivity contribution is -0.118. The number of ketones is 1. The molecule has 2 rings (SSSR count). The number of likely N-dealkylation sites (tertiary alicyclic amines) is 1. The third-order valence-corrected chi connectivity index (χ3v) is 3.82. The summed E-state index contributed by atoms with van der Waals surface area (Å²) in [6, 6.07) is 6.71. The molecule has 1 aliphatic heterocycles. The summed E-state index contributed by atoms with van der Waals surface area (Å²) in [4.78, 5) is 13.9. The van der Waals surface area contributed by atoms with E-state index in [1.165, 1.54) is 37.8 Å². The van der Waals surface area contributed by atoms with Crippen LogP contribution in [0.3, 0.4) is 0 Å². The van der Waals surface area contributed by atoms with Crippen LogP contribution in [0.2, 0.25) is 0 Å². The maximum Gasteiger partial charge on any atom is 0.131 e. The zero-order valence-electron chi connectivity index (χ0n) is 11.6. The Hall–Kier alpha value is -1.22. The molecule has 1 fully saturated rings. The third-order valence-electron chi connectivity index (χ3n) is 3.82. The van der Waals surface area contributed by atoms with Crippen LogP contribution < -0.4 is 0 Å². The number of halogens is 1. The molecule has 0 radical (unpaired) electrons. The van der Waals surface area contributed by atoms with Crippen LogP contribution in [0.5, 0.6) is 0 Å². The first-order chi connectivity index (χ1) is 9.16. The lowest BCUT2D eigenvalue weighted by Gasteiger charge is -2.30. The van der Waals surface area contributed by atoms with E-state index >= 15 is 0 Å². The van der Waals surface area contributed by atoms with Crippen molar-refractivity contribution in [2.75, 3.05) is 13.1 Å². The normalized spacial score (nSPS) is 18.8. The van der Waals surface area contributed by atoms with Gasteiger partial charge in [-0.15, -0.1) is 0 Å². The number of rotatable bonds is 4. The summed E-state index contributed by atoms with van der Waals surface area (Å²) in [6.07, 6.45) is 5.44. The van der Waals surface area contributed by atoms with Gasteiger partial charge in [-0.05, 0) is 50.6 Å². The summed E-state index contributed by atoms with van der Waals surface area (Å²) in [7, 11) is 0. The average molecular weight is 263 g/mol. The van der Waals surface area contributed by atoms with Crippen molar-refractivity contribution in [3.63, 3.8) is 0 Å². The second-order valence-electron chi connectivity index (χ2n) is 5.42. The van der Waals surface area contributed by atoms with Gasteiger partial charge in [-0.1, -0.05) is 25.0 Å². The summed E-state index contributed by atoms with van der Waals surface area (Å²) >= 11 is 0. The highest BCUT2D eigenvalue weighted by molar-refractivity contribution is 5.76. The van der Waals surface area contributed by atoms with Gasteiger partial charge < -0.3 is 0 Å². The van der Waals surface area contributed by atoms with E-state index < -0.39 is 0 Å². The molecule has 0 N–H and O–H groups in total. The molecule has 2 nitrogen and oxygen atoms in total. The number of nitrogens with zero attached hydrogens (tertiary/aromatic N) is 1. The summed E-state index contributed by atoms with van der Waals surface area (Å²) in [6.45, 7) is 3.71. The maximum absolute atomic E-state index is 13.0. The van der Waals surface area contributed by atoms with Gasteiger partial charge in [-0.25, -0.2) is 4.39 Å². The Bertz CT molecular complexity index is 407. The van der Waals surface area contributed by atoms with Gasteiger partial charge in [0, 0.05) is 12.5 Å². The fourth-order valence-corrected chi connectivity index (χ4v) is 2.82. The fourth-order valence-electron chi connectivity index (χ4n) is 2.82. The maximum atomic E-state index is 13.0. The number of benzene rings is 1. The highest BCUT2D eigenvalue weighted by Gasteiger charge is 2.22. The molecule has 0 aliphatic carbocycles. The lowest BCUT2D eigenvalue weighted by Crippen LogP contribution is -2.31.